The van der Waals surface area contributed by atoms with Gasteiger partial charge in [-0.2, -0.15) is 11.3 Å². The highest BCUT2D eigenvalue weighted by molar-refractivity contribution is 7.80. The van der Waals surface area contributed by atoms with E-state index in [4.69, 9.17) is 21.7 Å². The summed E-state index contributed by atoms with van der Waals surface area (Å²) >= 11 is 7.27. The number of thiophene rings is 1. The molecule has 33 heavy (non-hydrogen) atoms. The third-order valence-corrected chi connectivity index (χ3v) is 6.86. The highest BCUT2D eigenvalue weighted by Gasteiger charge is 2.15. The van der Waals surface area contributed by atoms with Crippen LogP contribution in [0.2, 0.25) is 0 Å². The Balaban J connectivity index is 1.54. The smallest absolute Gasteiger partial charge is 0.269 e. The Morgan fingerprint density at radius 2 is 1.76 bits per heavy atom. The van der Waals surface area contributed by atoms with Crippen LogP contribution in [-0.2, 0) is 5.41 Å². The van der Waals surface area contributed by atoms with Crippen LogP contribution in [0.4, 0.5) is 5.69 Å². The third-order valence-electron chi connectivity index (χ3n) is 5.80. The number of hydrogen-bond acceptors (Lipinski definition) is 5. The van der Waals surface area contributed by atoms with E-state index in [0.717, 1.165) is 23.7 Å². The molecule has 0 N–H and O–H groups in total. The monoisotopic (exact) mass is 482 g/mol. The van der Waals surface area contributed by atoms with E-state index < -0.39 is 0 Å². The lowest BCUT2D eigenvalue weighted by Gasteiger charge is -2.24. The predicted molar refractivity (Wildman–Crippen MR) is 144 cm³/mol. The molecule has 0 saturated carbocycles. The van der Waals surface area contributed by atoms with Gasteiger partial charge in [0.05, 0.1) is 0 Å². The van der Waals surface area contributed by atoms with Crippen molar-refractivity contribution in [3.63, 3.8) is 0 Å². The molecular weight excluding hydrogens is 448 g/mol. The minimum absolute atomic E-state index is 0.104. The number of rotatable bonds is 8. The fourth-order valence-corrected chi connectivity index (χ4v) is 4.30. The number of thiocarbonyl (C=S) groups is 1. The van der Waals surface area contributed by atoms with E-state index in [2.05, 4.69) is 68.6 Å². The molecule has 0 amide bonds. The molecule has 0 aliphatic carbocycles. The van der Waals surface area contributed by atoms with Gasteiger partial charge in [-0.3, -0.25) is 4.90 Å². The molecule has 0 spiro atoms. The summed E-state index contributed by atoms with van der Waals surface area (Å²) in [5.74, 6) is 1.54. The van der Waals surface area contributed by atoms with Crippen LogP contribution in [0, 0.1) is 0 Å². The topological polar surface area (TPSA) is 24.9 Å². The summed E-state index contributed by atoms with van der Waals surface area (Å²) in [7, 11) is 4.03. The maximum atomic E-state index is 6.03. The summed E-state index contributed by atoms with van der Waals surface area (Å²) in [6.07, 6.45) is 0. The average molecular weight is 483 g/mol. The molecule has 6 heteroatoms. The number of ether oxygens (including phenoxy) is 2. The van der Waals surface area contributed by atoms with Crippen LogP contribution in [0.15, 0.2) is 65.4 Å². The van der Waals surface area contributed by atoms with Crippen molar-refractivity contribution in [2.45, 2.75) is 39.2 Å². The number of anilines is 1. The van der Waals surface area contributed by atoms with Gasteiger partial charge in [0.25, 0.3) is 5.17 Å². The van der Waals surface area contributed by atoms with Crippen LogP contribution in [0.5, 0.6) is 11.5 Å². The van der Waals surface area contributed by atoms with Crippen molar-refractivity contribution in [1.82, 2.24) is 4.90 Å². The molecule has 0 bridgehead atoms. The van der Waals surface area contributed by atoms with Crippen molar-refractivity contribution in [2.75, 3.05) is 32.1 Å². The summed E-state index contributed by atoms with van der Waals surface area (Å²) in [6.45, 7) is 10.2. The fourth-order valence-electron chi connectivity index (χ4n) is 3.35. The van der Waals surface area contributed by atoms with Crippen molar-refractivity contribution in [2.24, 2.45) is 0 Å². The maximum absolute atomic E-state index is 6.03. The molecule has 0 aliphatic heterocycles. The summed E-state index contributed by atoms with van der Waals surface area (Å²) in [5.41, 5.74) is 3.62. The van der Waals surface area contributed by atoms with E-state index in [0.29, 0.717) is 17.8 Å². The molecule has 2 aromatic carbocycles. The minimum atomic E-state index is 0.104. The second kappa shape index (κ2) is 11.1. The zero-order valence-corrected chi connectivity index (χ0v) is 22.0. The van der Waals surface area contributed by atoms with Gasteiger partial charge in [0.1, 0.15) is 18.1 Å². The first-order valence-electron chi connectivity index (χ1n) is 11.2. The van der Waals surface area contributed by atoms with Crippen LogP contribution in [-0.4, -0.2) is 37.3 Å². The SMILES string of the molecule is CC(c1ccsc1)N(C)CCOc1cccc(N(C)C(=S)Oc2ccc(C(C)(C)C)cc2)c1. The van der Waals surface area contributed by atoms with Crippen LogP contribution in [0.1, 0.15) is 44.9 Å². The normalized spacial score (nSPS) is 12.5. The molecule has 0 saturated heterocycles. The Morgan fingerprint density at radius 3 is 2.39 bits per heavy atom. The second-order valence-electron chi connectivity index (χ2n) is 9.26. The maximum Gasteiger partial charge on any atom is 0.269 e. The van der Waals surface area contributed by atoms with Crippen molar-refractivity contribution in [3.8, 4) is 11.5 Å². The molecule has 0 aliphatic rings. The van der Waals surface area contributed by atoms with Gasteiger partial charge >= 0.3 is 0 Å². The summed E-state index contributed by atoms with van der Waals surface area (Å²) in [5, 5.41) is 4.71. The molecule has 1 heterocycles. The van der Waals surface area contributed by atoms with Gasteiger partial charge in [0, 0.05) is 31.4 Å². The van der Waals surface area contributed by atoms with Gasteiger partial charge in [-0.15, -0.1) is 0 Å². The van der Waals surface area contributed by atoms with E-state index in [1.807, 2.05) is 48.3 Å². The summed E-state index contributed by atoms with van der Waals surface area (Å²) in [4.78, 5) is 4.15. The molecule has 1 aromatic heterocycles. The van der Waals surface area contributed by atoms with E-state index in [1.54, 1.807) is 11.3 Å². The largest absolute Gasteiger partial charge is 0.492 e. The third kappa shape index (κ3) is 7.03. The number of hydrogen-bond donors (Lipinski definition) is 0. The van der Waals surface area contributed by atoms with Gasteiger partial charge in [-0.25, -0.2) is 0 Å². The zero-order chi connectivity index (χ0) is 24.0. The van der Waals surface area contributed by atoms with Gasteiger partial charge in [0.15, 0.2) is 0 Å². The number of nitrogens with zero attached hydrogens (tertiary/aromatic N) is 2. The Bertz CT molecular complexity index is 1030. The Labute approximate surface area is 207 Å². The average Bonchev–Trinajstić information content (AvgIpc) is 3.33. The van der Waals surface area contributed by atoms with Crippen LogP contribution >= 0.6 is 23.6 Å². The predicted octanol–water partition coefficient (Wildman–Crippen LogP) is 6.92. The molecule has 1 unspecified atom stereocenters. The van der Waals surface area contributed by atoms with Crippen molar-refractivity contribution in [3.05, 3.63) is 76.5 Å². The molecule has 3 aromatic rings. The quantitative estimate of drug-likeness (QED) is 0.325. The van der Waals surface area contributed by atoms with E-state index in [1.165, 1.54) is 11.1 Å². The van der Waals surface area contributed by atoms with Crippen LogP contribution in [0.3, 0.4) is 0 Å². The highest BCUT2D eigenvalue weighted by Crippen LogP contribution is 2.26. The summed E-state index contributed by atoms with van der Waals surface area (Å²) in [6, 6.07) is 18.6. The first-order chi connectivity index (χ1) is 15.6. The lowest BCUT2D eigenvalue weighted by atomic mass is 9.87. The molecule has 0 fully saturated rings. The van der Waals surface area contributed by atoms with E-state index >= 15 is 0 Å². The van der Waals surface area contributed by atoms with E-state index in [-0.39, 0.29) is 5.41 Å². The van der Waals surface area contributed by atoms with Crippen LogP contribution < -0.4 is 14.4 Å². The van der Waals surface area contributed by atoms with Crippen molar-refractivity contribution >= 4 is 34.4 Å². The Kier molecular flexibility index (Phi) is 8.51. The molecule has 176 valence electrons. The first-order valence-corrected chi connectivity index (χ1v) is 12.5. The van der Waals surface area contributed by atoms with Crippen LogP contribution in [0.25, 0.3) is 0 Å². The van der Waals surface area contributed by atoms with E-state index in [9.17, 15) is 0 Å². The molecule has 0 radical (unpaired) electrons. The standard InChI is InChI=1S/C27H34N2O2S2/c1-20(21-14-17-33-19-21)28(5)15-16-30-25-9-7-8-23(18-25)29(6)26(32)31-24-12-10-22(11-13-24)27(2,3)4/h7-14,17-20H,15-16H2,1-6H3. The second-order valence-corrected chi connectivity index (χ2v) is 10.4. The molecular formula is C27H34N2O2S2. The fraction of sp³-hybridized carbons (Fsp3) is 0.370. The number of likely N-dealkylation sites (N-methyl/N-ethyl adjacent to an activating group) is 1. The van der Waals surface area contributed by atoms with Gasteiger partial charge in [-0.1, -0.05) is 39.0 Å². The van der Waals surface area contributed by atoms with Crippen molar-refractivity contribution < 1.29 is 9.47 Å². The Morgan fingerprint density at radius 1 is 1.03 bits per heavy atom. The van der Waals surface area contributed by atoms with Gasteiger partial charge < -0.3 is 14.4 Å². The lowest BCUT2D eigenvalue weighted by molar-refractivity contribution is 0.201. The number of benzene rings is 2. The minimum Gasteiger partial charge on any atom is -0.492 e. The van der Waals surface area contributed by atoms with Crippen molar-refractivity contribution in [1.29, 1.82) is 0 Å². The van der Waals surface area contributed by atoms with Gasteiger partial charge in [0.2, 0.25) is 0 Å². The molecule has 3 rings (SSSR count). The Hall–Kier alpha value is -2.41. The molecule has 1 atom stereocenters. The first kappa shape index (κ1) is 25.2. The zero-order valence-electron chi connectivity index (χ0n) is 20.4. The molecule has 4 nitrogen and oxygen atoms in total. The highest BCUT2D eigenvalue weighted by atomic mass is 32.1. The lowest BCUT2D eigenvalue weighted by Crippen LogP contribution is -2.29. The summed E-state index contributed by atoms with van der Waals surface area (Å²) < 4.78 is 12.0. The van der Waals surface area contributed by atoms with Gasteiger partial charge in [-0.05, 0) is 83.8 Å².